The maximum atomic E-state index is 13.2. The topological polar surface area (TPSA) is 92.9 Å². The van der Waals surface area contributed by atoms with Gasteiger partial charge in [-0.1, -0.05) is 29.9 Å². The zero-order valence-electron chi connectivity index (χ0n) is 18.0. The molecule has 1 aliphatic heterocycles. The van der Waals surface area contributed by atoms with Crippen LogP contribution in [0.4, 0.5) is 5.13 Å². The van der Waals surface area contributed by atoms with E-state index in [1.54, 1.807) is 54.6 Å². The molecule has 1 aliphatic rings. The minimum Gasteiger partial charge on any atom is -0.507 e. The molecule has 1 fully saturated rings. The van der Waals surface area contributed by atoms with E-state index in [-0.39, 0.29) is 11.3 Å². The standard InChI is InChI=1S/C25H19ClN2O5S/c1-2-11-32-16-8-5-14(6-9-16)22(29)20-21(18-4-3-12-33-18)28(24(31)23(20)30)25-27-17-10-7-15(26)13-19(17)34-25/h3-10,12-13,21,29H,2,11H2,1H3/b22-20+. The fourth-order valence-electron chi connectivity index (χ4n) is 3.82. The van der Waals surface area contributed by atoms with Gasteiger partial charge in [-0.25, -0.2) is 4.98 Å². The highest BCUT2D eigenvalue weighted by atomic mass is 35.5. The Morgan fingerprint density at radius 1 is 1.21 bits per heavy atom. The molecule has 0 bridgehead atoms. The van der Waals surface area contributed by atoms with Gasteiger partial charge >= 0.3 is 5.91 Å². The molecule has 172 valence electrons. The number of aliphatic hydroxyl groups is 1. The van der Waals surface area contributed by atoms with E-state index < -0.39 is 17.7 Å². The SMILES string of the molecule is CCCOc1ccc(/C(O)=C2\C(=O)C(=O)N(c3nc4ccc(Cl)cc4s3)C2c2ccco2)cc1. The molecule has 3 heterocycles. The van der Waals surface area contributed by atoms with Crippen LogP contribution in [0.15, 0.2) is 70.9 Å². The monoisotopic (exact) mass is 494 g/mol. The molecule has 0 spiro atoms. The Labute approximate surface area is 203 Å². The predicted octanol–water partition coefficient (Wildman–Crippen LogP) is 5.96. The number of halogens is 1. The average Bonchev–Trinajstić information content (AvgIpc) is 3.56. The number of hydrogen-bond acceptors (Lipinski definition) is 7. The summed E-state index contributed by atoms with van der Waals surface area (Å²) in [5, 5.41) is 12.0. The Kier molecular flexibility index (Phi) is 5.85. The molecule has 1 N–H and O–H groups in total. The molecule has 0 saturated carbocycles. The van der Waals surface area contributed by atoms with Crippen LogP contribution in [-0.2, 0) is 9.59 Å². The van der Waals surface area contributed by atoms with Crippen molar-refractivity contribution in [2.24, 2.45) is 0 Å². The molecule has 1 atom stereocenters. The van der Waals surface area contributed by atoms with E-state index in [1.807, 2.05) is 6.92 Å². The van der Waals surface area contributed by atoms with E-state index in [0.717, 1.165) is 11.1 Å². The highest BCUT2D eigenvalue weighted by Gasteiger charge is 2.49. The first-order valence-electron chi connectivity index (χ1n) is 10.6. The van der Waals surface area contributed by atoms with Crippen molar-refractivity contribution in [2.45, 2.75) is 19.4 Å². The molecule has 1 saturated heterocycles. The first-order chi connectivity index (χ1) is 16.5. The van der Waals surface area contributed by atoms with Gasteiger partial charge in [0.15, 0.2) is 5.13 Å². The Hall–Kier alpha value is -3.62. The second-order valence-electron chi connectivity index (χ2n) is 7.67. The van der Waals surface area contributed by atoms with Crippen LogP contribution in [0.25, 0.3) is 16.0 Å². The number of ketones is 1. The number of benzene rings is 2. The number of nitrogens with zero attached hydrogens (tertiary/aromatic N) is 2. The molecular weight excluding hydrogens is 476 g/mol. The van der Waals surface area contributed by atoms with E-state index in [1.165, 1.54) is 22.5 Å². The maximum Gasteiger partial charge on any atom is 0.302 e. The maximum absolute atomic E-state index is 13.2. The van der Waals surface area contributed by atoms with Crippen LogP contribution in [0, 0.1) is 0 Å². The number of amides is 1. The lowest BCUT2D eigenvalue weighted by Crippen LogP contribution is -2.29. The van der Waals surface area contributed by atoms with Gasteiger partial charge in [-0.05, 0) is 61.0 Å². The summed E-state index contributed by atoms with van der Waals surface area (Å²) in [6.45, 7) is 2.58. The number of fused-ring (bicyclic) bond motifs is 1. The third-order valence-electron chi connectivity index (χ3n) is 5.40. The zero-order valence-corrected chi connectivity index (χ0v) is 19.6. The molecule has 9 heteroatoms. The number of hydrogen-bond donors (Lipinski definition) is 1. The summed E-state index contributed by atoms with van der Waals surface area (Å²) in [4.78, 5) is 32.2. The highest BCUT2D eigenvalue weighted by Crippen LogP contribution is 2.44. The number of anilines is 1. The van der Waals surface area contributed by atoms with Crippen LogP contribution in [0.5, 0.6) is 5.75 Å². The Bertz CT molecular complexity index is 1410. The first-order valence-corrected chi connectivity index (χ1v) is 11.8. The molecular formula is C25H19ClN2O5S. The third kappa shape index (κ3) is 3.85. The Morgan fingerprint density at radius 3 is 2.71 bits per heavy atom. The fraction of sp³-hybridized carbons (Fsp3) is 0.160. The number of carbonyl (C=O) groups is 2. The van der Waals surface area contributed by atoms with E-state index in [2.05, 4.69) is 4.98 Å². The van der Waals surface area contributed by atoms with Gasteiger partial charge in [-0.2, -0.15) is 0 Å². The number of Topliss-reactive ketones (excluding diaryl/α,β-unsaturated/α-hetero) is 1. The van der Waals surface area contributed by atoms with Crippen LogP contribution < -0.4 is 9.64 Å². The van der Waals surface area contributed by atoms with Gasteiger partial charge in [0.1, 0.15) is 23.3 Å². The molecule has 1 unspecified atom stereocenters. The summed E-state index contributed by atoms with van der Waals surface area (Å²) in [5.41, 5.74) is 0.959. The Balaban J connectivity index is 1.62. The number of aliphatic hydroxyl groups excluding tert-OH is 1. The average molecular weight is 495 g/mol. The van der Waals surface area contributed by atoms with Gasteiger partial charge in [0, 0.05) is 10.6 Å². The molecule has 2 aromatic heterocycles. The van der Waals surface area contributed by atoms with Gasteiger partial charge in [0.25, 0.3) is 5.78 Å². The molecule has 34 heavy (non-hydrogen) atoms. The fourth-order valence-corrected chi connectivity index (χ4v) is 5.09. The predicted molar refractivity (Wildman–Crippen MR) is 130 cm³/mol. The van der Waals surface area contributed by atoms with Crippen molar-refractivity contribution in [2.75, 3.05) is 11.5 Å². The van der Waals surface area contributed by atoms with Crippen molar-refractivity contribution in [3.63, 3.8) is 0 Å². The molecule has 2 aromatic carbocycles. The second kappa shape index (κ2) is 8.96. The molecule has 7 nitrogen and oxygen atoms in total. The smallest absolute Gasteiger partial charge is 0.302 e. The van der Waals surface area contributed by atoms with E-state index in [4.69, 9.17) is 20.8 Å². The number of rotatable bonds is 6. The molecule has 4 aromatic rings. The molecule has 0 aliphatic carbocycles. The van der Waals surface area contributed by atoms with Crippen molar-refractivity contribution in [1.29, 1.82) is 0 Å². The molecule has 0 radical (unpaired) electrons. The minimum atomic E-state index is -0.970. The van der Waals surface area contributed by atoms with Crippen LogP contribution in [-0.4, -0.2) is 28.4 Å². The minimum absolute atomic E-state index is 0.0699. The number of aromatic nitrogens is 1. The number of furan rings is 1. The third-order valence-corrected chi connectivity index (χ3v) is 6.66. The van der Waals surface area contributed by atoms with Crippen molar-refractivity contribution in [3.05, 3.63) is 82.8 Å². The summed E-state index contributed by atoms with van der Waals surface area (Å²) >= 11 is 7.33. The largest absolute Gasteiger partial charge is 0.507 e. The molecule has 5 rings (SSSR count). The number of ether oxygens (including phenoxy) is 1. The quantitative estimate of drug-likeness (QED) is 0.202. The molecule has 1 amide bonds. The van der Waals surface area contributed by atoms with Crippen LogP contribution in [0.1, 0.15) is 30.7 Å². The normalized spacial score (nSPS) is 17.6. The van der Waals surface area contributed by atoms with E-state index in [9.17, 15) is 14.7 Å². The Morgan fingerprint density at radius 2 is 2.00 bits per heavy atom. The summed E-state index contributed by atoms with van der Waals surface area (Å²) in [7, 11) is 0. The van der Waals surface area contributed by atoms with E-state index >= 15 is 0 Å². The lowest BCUT2D eigenvalue weighted by molar-refractivity contribution is -0.132. The van der Waals surface area contributed by atoms with E-state index in [0.29, 0.717) is 39.4 Å². The summed E-state index contributed by atoms with van der Waals surface area (Å²) < 4.78 is 11.9. The highest BCUT2D eigenvalue weighted by molar-refractivity contribution is 7.22. The van der Waals surface area contributed by atoms with Gasteiger partial charge in [-0.15, -0.1) is 0 Å². The van der Waals surface area contributed by atoms with Gasteiger partial charge < -0.3 is 14.3 Å². The van der Waals surface area contributed by atoms with Crippen molar-refractivity contribution in [1.82, 2.24) is 4.98 Å². The van der Waals surface area contributed by atoms with Crippen molar-refractivity contribution < 1.29 is 23.8 Å². The van der Waals surface area contributed by atoms with Gasteiger partial charge in [-0.3, -0.25) is 14.5 Å². The van der Waals surface area contributed by atoms with Gasteiger partial charge in [0.2, 0.25) is 0 Å². The van der Waals surface area contributed by atoms with Crippen LogP contribution in [0.3, 0.4) is 0 Å². The van der Waals surface area contributed by atoms with Gasteiger partial charge in [0.05, 0.1) is 28.7 Å². The summed E-state index contributed by atoms with van der Waals surface area (Å²) in [5.74, 6) is -0.928. The van der Waals surface area contributed by atoms with Crippen molar-refractivity contribution >= 4 is 55.7 Å². The summed E-state index contributed by atoms with van der Waals surface area (Å²) in [6, 6.07) is 14.3. The first kappa shape index (κ1) is 22.2. The second-order valence-corrected chi connectivity index (χ2v) is 9.11. The lowest BCUT2D eigenvalue weighted by Gasteiger charge is -2.20. The van der Waals surface area contributed by atoms with Crippen molar-refractivity contribution in [3.8, 4) is 5.75 Å². The van der Waals surface area contributed by atoms with Crippen LogP contribution >= 0.6 is 22.9 Å². The number of carbonyl (C=O) groups excluding carboxylic acids is 2. The summed E-state index contributed by atoms with van der Waals surface area (Å²) in [6.07, 6.45) is 2.32. The lowest BCUT2D eigenvalue weighted by atomic mass is 9.99. The number of thiazole rings is 1. The zero-order chi connectivity index (χ0) is 23.8. The van der Waals surface area contributed by atoms with Crippen LogP contribution in [0.2, 0.25) is 5.02 Å².